The Morgan fingerprint density at radius 1 is 1.35 bits per heavy atom. The lowest BCUT2D eigenvalue weighted by Gasteiger charge is -2.00. The van der Waals surface area contributed by atoms with Gasteiger partial charge in [-0.2, -0.15) is 9.97 Å². The molecule has 0 amide bonds. The fourth-order valence-electron chi connectivity index (χ4n) is 1.65. The Kier molecular flexibility index (Phi) is 3.07. The summed E-state index contributed by atoms with van der Waals surface area (Å²) in [5.74, 6) is 0.264. The highest BCUT2D eigenvalue weighted by atomic mass is 35.5. The zero-order chi connectivity index (χ0) is 14.1. The van der Waals surface area contributed by atoms with Gasteiger partial charge >= 0.3 is 0 Å². The molecule has 1 aromatic carbocycles. The van der Waals surface area contributed by atoms with Crippen molar-refractivity contribution in [2.24, 2.45) is 0 Å². The van der Waals surface area contributed by atoms with E-state index in [-0.39, 0.29) is 29.1 Å². The van der Waals surface area contributed by atoms with Crippen LogP contribution in [0.25, 0.3) is 11.7 Å². The largest absolute Gasteiger partial charge is 0.366 e. The number of hydrogen-bond acceptors (Lipinski definition) is 6. The van der Waals surface area contributed by atoms with E-state index in [4.69, 9.17) is 21.9 Å². The van der Waals surface area contributed by atoms with Crippen LogP contribution in [0.2, 0.25) is 5.02 Å². The van der Waals surface area contributed by atoms with Gasteiger partial charge in [-0.05, 0) is 11.6 Å². The van der Waals surface area contributed by atoms with Crippen LogP contribution >= 0.6 is 11.6 Å². The van der Waals surface area contributed by atoms with E-state index in [1.807, 2.05) is 0 Å². The minimum absolute atomic E-state index is 0.0502. The molecular formula is C11H8ClFN6O. The van der Waals surface area contributed by atoms with Crippen LogP contribution < -0.4 is 5.73 Å². The van der Waals surface area contributed by atoms with E-state index in [2.05, 4.69) is 25.3 Å². The zero-order valence-corrected chi connectivity index (χ0v) is 10.7. The molecule has 0 unspecified atom stereocenters. The van der Waals surface area contributed by atoms with Crippen molar-refractivity contribution in [2.75, 3.05) is 5.73 Å². The Labute approximate surface area is 117 Å². The van der Waals surface area contributed by atoms with E-state index in [9.17, 15) is 4.39 Å². The molecule has 2 aromatic heterocycles. The Hall–Kier alpha value is -2.48. The lowest BCUT2D eigenvalue weighted by molar-refractivity contribution is 0.421. The SMILES string of the molecule is Nc1n[nH]c(-c2nc(Cc3cccc(Cl)c3F)no2)n1. The molecule has 0 aliphatic carbocycles. The normalized spacial score (nSPS) is 10.9. The minimum Gasteiger partial charge on any atom is -0.366 e. The first-order valence-corrected chi connectivity index (χ1v) is 5.95. The summed E-state index contributed by atoms with van der Waals surface area (Å²) in [5, 5.41) is 9.98. The van der Waals surface area contributed by atoms with Gasteiger partial charge < -0.3 is 10.3 Å². The van der Waals surface area contributed by atoms with Crippen molar-refractivity contribution in [2.45, 2.75) is 6.42 Å². The average molecular weight is 295 g/mol. The molecule has 20 heavy (non-hydrogen) atoms. The second kappa shape index (κ2) is 4.89. The Bertz CT molecular complexity index is 755. The smallest absolute Gasteiger partial charge is 0.295 e. The summed E-state index contributed by atoms with van der Waals surface area (Å²) < 4.78 is 18.8. The van der Waals surface area contributed by atoms with Gasteiger partial charge in [-0.1, -0.05) is 28.9 Å². The van der Waals surface area contributed by atoms with E-state index < -0.39 is 5.82 Å². The average Bonchev–Trinajstić information content (AvgIpc) is 3.04. The number of nitrogen functional groups attached to an aromatic ring is 1. The lowest BCUT2D eigenvalue weighted by atomic mass is 10.1. The predicted octanol–water partition coefficient (Wildman–Crippen LogP) is 1.82. The van der Waals surface area contributed by atoms with E-state index in [1.54, 1.807) is 12.1 Å². The topological polar surface area (TPSA) is 107 Å². The third kappa shape index (κ3) is 2.32. The van der Waals surface area contributed by atoms with Crippen molar-refractivity contribution in [3.05, 3.63) is 40.4 Å². The first-order valence-electron chi connectivity index (χ1n) is 5.57. The van der Waals surface area contributed by atoms with Crippen LogP contribution in [-0.4, -0.2) is 25.3 Å². The van der Waals surface area contributed by atoms with Gasteiger partial charge in [0.2, 0.25) is 11.8 Å². The van der Waals surface area contributed by atoms with E-state index in [1.165, 1.54) is 6.07 Å². The number of nitrogens with two attached hydrogens (primary N) is 1. The molecule has 0 aliphatic rings. The van der Waals surface area contributed by atoms with Crippen molar-refractivity contribution in [3.8, 4) is 11.7 Å². The van der Waals surface area contributed by atoms with Crippen molar-refractivity contribution < 1.29 is 8.91 Å². The maximum absolute atomic E-state index is 13.8. The number of nitrogens with one attached hydrogen (secondary N) is 1. The summed E-state index contributed by atoms with van der Waals surface area (Å²) in [4.78, 5) is 7.94. The quantitative estimate of drug-likeness (QED) is 0.763. The van der Waals surface area contributed by atoms with Crippen molar-refractivity contribution in [3.63, 3.8) is 0 Å². The summed E-state index contributed by atoms with van der Waals surface area (Å²) in [7, 11) is 0. The number of nitrogens with zero attached hydrogens (tertiary/aromatic N) is 4. The number of rotatable bonds is 3. The number of hydrogen-bond donors (Lipinski definition) is 2. The number of aromatic amines is 1. The summed E-state index contributed by atoms with van der Waals surface area (Å²) in [5.41, 5.74) is 5.75. The molecule has 3 rings (SSSR count). The molecule has 3 aromatic rings. The van der Waals surface area contributed by atoms with Gasteiger partial charge in [0, 0.05) is 6.42 Å². The van der Waals surface area contributed by atoms with Gasteiger partial charge in [0.25, 0.3) is 5.89 Å². The van der Waals surface area contributed by atoms with Crippen LogP contribution in [0.3, 0.4) is 0 Å². The monoisotopic (exact) mass is 294 g/mol. The fourth-order valence-corrected chi connectivity index (χ4v) is 1.84. The maximum Gasteiger partial charge on any atom is 0.295 e. The third-order valence-electron chi connectivity index (χ3n) is 2.55. The third-order valence-corrected chi connectivity index (χ3v) is 2.85. The van der Waals surface area contributed by atoms with Gasteiger partial charge in [0.1, 0.15) is 5.82 Å². The predicted molar refractivity (Wildman–Crippen MR) is 68.3 cm³/mol. The minimum atomic E-state index is -0.496. The highest BCUT2D eigenvalue weighted by molar-refractivity contribution is 6.30. The van der Waals surface area contributed by atoms with Crippen LogP contribution in [0.5, 0.6) is 0 Å². The highest BCUT2D eigenvalue weighted by Crippen LogP contribution is 2.20. The molecular weight excluding hydrogens is 287 g/mol. The molecule has 7 nitrogen and oxygen atoms in total. The van der Waals surface area contributed by atoms with Crippen molar-refractivity contribution in [1.82, 2.24) is 25.3 Å². The van der Waals surface area contributed by atoms with Gasteiger partial charge in [-0.3, -0.25) is 5.10 Å². The Morgan fingerprint density at radius 2 is 2.20 bits per heavy atom. The van der Waals surface area contributed by atoms with Gasteiger partial charge in [0.05, 0.1) is 5.02 Å². The van der Waals surface area contributed by atoms with Crippen LogP contribution in [-0.2, 0) is 6.42 Å². The molecule has 0 fully saturated rings. The van der Waals surface area contributed by atoms with Gasteiger partial charge in [-0.25, -0.2) is 4.39 Å². The first kappa shape index (κ1) is 12.5. The standard InChI is InChI=1S/C11H8ClFN6O/c12-6-3-1-2-5(8(6)13)4-7-15-10(20-19-7)9-16-11(14)18-17-9/h1-3H,4H2,(H3,14,16,17,18). The first-order chi connectivity index (χ1) is 9.63. The highest BCUT2D eigenvalue weighted by Gasteiger charge is 2.15. The fraction of sp³-hybridized carbons (Fsp3) is 0.0909. The molecule has 102 valence electrons. The number of anilines is 1. The summed E-state index contributed by atoms with van der Waals surface area (Å²) in [6.45, 7) is 0. The molecule has 0 spiro atoms. The second-order valence-corrected chi connectivity index (χ2v) is 4.35. The van der Waals surface area contributed by atoms with E-state index in [0.29, 0.717) is 11.4 Å². The van der Waals surface area contributed by atoms with Crippen molar-refractivity contribution in [1.29, 1.82) is 0 Å². The molecule has 0 radical (unpaired) electrons. The molecule has 0 aliphatic heterocycles. The van der Waals surface area contributed by atoms with Crippen molar-refractivity contribution >= 4 is 17.5 Å². The Balaban J connectivity index is 1.86. The lowest BCUT2D eigenvalue weighted by Crippen LogP contribution is -1.95. The molecule has 2 heterocycles. The number of halogens is 2. The van der Waals surface area contributed by atoms with Crippen LogP contribution in [0, 0.1) is 5.82 Å². The van der Waals surface area contributed by atoms with Crippen LogP contribution in [0.1, 0.15) is 11.4 Å². The number of H-pyrrole nitrogens is 1. The number of benzene rings is 1. The van der Waals surface area contributed by atoms with Gasteiger partial charge in [-0.15, -0.1) is 5.10 Å². The maximum atomic E-state index is 13.8. The summed E-state index contributed by atoms with van der Waals surface area (Å²) in [6, 6.07) is 4.72. The van der Waals surface area contributed by atoms with Crippen LogP contribution in [0.15, 0.2) is 22.7 Å². The molecule has 0 saturated heterocycles. The van der Waals surface area contributed by atoms with E-state index in [0.717, 1.165) is 0 Å². The van der Waals surface area contributed by atoms with E-state index >= 15 is 0 Å². The molecule has 9 heteroatoms. The Morgan fingerprint density at radius 3 is 2.95 bits per heavy atom. The summed E-state index contributed by atoms with van der Waals surface area (Å²) in [6.07, 6.45) is 0.152. The zero-order valence-electron chi connectivity index (χ0n) is 9.97. The molecule has 0 atom stereocenters. The second-order valence-electron chi connectivity index (χ2n) is 3.95. The number of aromatic nitrogens is 5. The molecule has 0 bridgehead atoms. The van der Waals surface area contributed by atoms with Crippen LogP contribution in [0.4, 0.5) is 10.3 Å². The molecule has 3 N–H and O–H groups in total. The molecule has 0 saturated carbocycles. The summed E-state index contributed by atoms with van der Waals surface area (Å²) >= 11 is 5.71. The van der Waals surface area contributed by atoms with Gasteiger partial charge in [0.15, 0.2) is 5.82 Å².